The average Bonchev–Trinajstić information content (AvgIpc) is 2.96. The van der Waals surface area contributed by atoms with Crippen LogP contribution >= 0.6 is 23.2 Å². The highest BCUT2D eigenvalue weighted by Crippen LogP contribution is 2.19. The molecule has 1 N–H and O–H groups in total. The fourth-order valence-electron chi connectivity index (χ4n) is 2.12. The van der Waals surface area contributed by atoms with E-state index in [0.717, 1.165) is 5.56 Å². The first-order valence-electron chi connectivity index (χ1n) is 6.99. The zero-order chi connectivity index (χ0) is 17.2. The van der Waals surface area contributed by atoms with E-state index in [2.05, 4.69) is 9.82 Å². The standard InChI is InChI=1S/C16H13Cl2N3O2S/c17-13-5-7-14(8-6-13)24(22,23)20-16-9-10-21(19-16)11-12-3-1-2-4-15(12)18/h1-10H,11H2,(H,19,20). The summed E-state index contributed by atoms with van der Waals surface area (Å²) in [6, 6.07) is 14.9. The normalized spacial score (nSPS) is 11.4. The van der Waals surface area contributed by atoms with Crippen molar-refractivity contribution in [2.24, 2.45) is 0 Å². The molecule has 8 heteroatoms. The van der Waals surface area contributed by atoms with Crippen molar-refractivity contribution in [3.05, 3.63) is 76.4 Å². The molecular weight excluding hydrogens is 369 g/mol. The van der Waals surface area contributed by atoms with Crippen LogP contribution in [0.2, 0.25) is 10.0 Å². The highest BCUT2D eigenvalue weighted by molar-refractivity contribution is 7.92. The lowest BCUT2D eigenvalue weighted by molar-refractivity contribution is 0.600. The Kier molecular flexibility index (Phi) is 4.80. The van der Waals surface area contributed by atoms with Crippen LogP contribution in [0.4, 0.5) is 5.82 Å². The third-order valence-corrected chi connectivity index (χ3v) is 5.29. The van der Waals surface area contributed by atoms with Gasteiger partial charge in [0.05, 0.1) is 11.4 Å². The Hall–Kier alpha value is -2.02. The van der Waals surface area contributed by atoms with E-state index >= 15 is 0 Å². The minimum atomic E-state index is -3.71. The fraction of sp³-hybridized carbons (Fsp3) is 0.0625. The Balaban J connectivity index is 1.76. The molecule has 2 aromatic carbocycles. The van der Waals surface area contributed by atoms with Crippen molar-refractivity contribution in [3.63, 3.8) is 0 Å². The van der Waals surface area contributed by atoms with Crippen LogP contribution in [0.1, 0.15) is 5.56 Å². The second-order valence-corrected chi connectivity index (χ2v) is 7.58. The summed E-state index contributed by atoms with van der Waals surface area (Å²) in [6.07, 6.45) is 1.68. The van der Waals surface area contributed by atoms with E-state index in [9.17, 15) is 8.42 Å². The van der Waals surface area contributed by atoms with Gasteiger partial charge in [-0.2, -0.15) is 5.10 Å². The predicted molar refractivity (Wildman–Crippen MR) is 95.0 cm³/mol. The molecule has 0 bridgehead atoms. The fourth-order valence-corrected chi connectivity index (χ4v) is 3.43. The highest BCUT2D eigenvalue weighted by atomic mass is 35.5. The largest absolute Gasteiger partial charge is 0.266 e. The molecular formula is C16H13Cl2N3O2S. The summed E-state index contributed by atoms with van der Waals surface area (Å²) in [5, 5.41) is 5.32. The van der Waals surface area contributed by atoms with Crippen molar-refractivity contribution in [2.45, 2.75) is 11.4 Å². The first-order chi connectivity index (χ1) is 11.4. The molecule has 0 fully saturated rings. The summed E-state index contributed by atoms with van der Waals surface area (Å²) in [6.45, 7) is 0.447. The maximum absolute atomic E-state index is 12.3. The van der Waals surface area contributed by atoms with E-state index in [0.29, 0.717) is 16.6 Å². The van der Waals surface area contributed by atoms with Crippen molar-refractivity contribution in [1.82, 2.24) is 9.78 Å². The van der Waals surface area contributed by atoms with Crippen LogP contribution in [0.3, 0.4) is 0 Å². The quantitative estimate of drug-likeness (QED) is 0.725. The number of benzene rings is 2. The Morgan fingerprint density at radius 3 is 2.42 bits per heavy atom. The monoisotopic (exact) mass is 381 g/mol. The number of sulfonamides is 1. The van der Waals surface area contributed by atoms with Gasteiger partial charge in [0.15, 0.2) is 5.82 Å². The molecule has 0 radical (unpaired) electrons. The molecule has 0 spiro atoms. The van der Waals surface area contributed by atoms with Gasteiger partial charge in [0.25, 0.3) is 10.0 Å². The first kappa shape index (κ1) is 16.8. The zero-order valence-corrected chi connectivity index (χ0v) is 14.7. The SMILES string of the molecule is O=S(=O)(Nc1ccn(Cc2ccccc2Cl)n1)c1ccc(Cl)cc1. The molecule has 0 atom stereocenters. The van der Waals surface area contributed by atoms with Crippen molar-refractivity contribution < 1.29 is 8.42 Å². The lowest BCUT2D eigenvalue weighted by Crippen LogP contribution is -2.13. The third-order valence-electron chi connectivity index (χ3n) is 3.29. The average molecular weight is 382 g/mol. The van der Waals surface area contributed by atoms with Gasteiger partial charge in [0, 0.05) is 22.3 Å². The minimum Gasteiger partial charge on any atom is -0.266 e. The second-order valence-electron chi connectivity index (χ2n) is 5.05. The molecule has 1 aromatic heterocycles. The number of hydrogen-bond acceptors (Lipinski definition) is 3. The van der Waals surface area contributed by atoms with Gasteiger partial charge in [-0.1, -0.05) is 41.4 Å². The predicted octanol–water partition coefficient (Wildman–Crippen LogP) is 4.04. The van der Waals surface area contributed by atoms with Crippen LogP contribution in [0.15, 0.2) is 65.7 Å². The van der Waals surface area contributed by atoms with Gasteiger partial charge in [-0.15, -0.1) is 0 Å². The number of nitrogens with one attached hydrogen (secondary N) is 1. The van der Waals surface area contributed by atoms with Crippen molar-refractivity contribution in [2.75, 3.05) is 4.72 Å². The molecule has 0 amide bonds. The molecule has 0 saturated carbocycles. The van der Waals surface area contributed by atoms with E-state index in [1.54, 1.807) is 23.0 Å². The molecule has 0 saturated heterocycles. The molecule has 5 nitrogen and oxygen atoms in total. The summed E-state index contributed by atoms with van der Waals surface area (Å²) in [7, 11) is -3.71. The van der Waals surface area contributed by atoms with Crippen LogP contribution in [0, 0.1) is 0 Å². The zero-order valence-electron chi connectivity index (χ0n) is 12.4. The van der Waals surface area contributed by atoms with E-state index in [1.165, 1.54) is 24.3 Å². The second kappa shape index (κ2) is 6.84. The van der Waals surface area contributed by atoms with Crippen LogP contribution in [-0.4, -0.2) is 18.2 Å². The Morgan fingerprint density at radius 1 is 1.00 bits per heavy atom. The van der Waals surface area contributed by atoms with E-state index in [1.807, 2.05) is 18.2 Å². The highest BCUT2D eigenvalue weighted by Gasteiger charge is 2.15. The van der Waals surface area contributed by atoms with Crippen molar-refractivity contribution in [3.8, 4) is 0 Å². The van der Waals surface area contributed by atoms with Crippen molar-refractivity contribution >= 4 is 39.0 Å². The maximum atomic E-state index is 12.3. The maximum Gasteiger partial charge on any atom is 0.263 e. The molecule has 0 aliphatic rings. The summed E-state index contributed by atoms with van der Waals surface area (Å²) < 4.78 is 28.7. The molecule has 1 heterocycles. The van der Waals surface area contributed by atoms with Gasteiger partial charge < -0.3 is 0 Å². The van der Waals surface area contributed by atoms with Gasteiger partial charge in [-0.05, 0) is 35.9 Å². The smallest absolute Gasteiger partial charge is 0.263 e. The van der Waals surface area contributed by atoms with E-state index < -0.39 is 10.0 Å². The van der Waals surface area contributed by atoms with Crippen molar-refractivity contribution in [1.29, 1.82) is 0 Å². The van der Waals surface area contributed by atoms with Crippen LogP contribution < -0.4 is 4.72 Å². The minimum absolute atomic E-state index is 0.118. The van der Waals surface area contributed by atoms with Gasteiger partial charge >= 0.3 is 0 Å². The third kappa shape index (κ3) is 3.90. The van der Waals surface area contributed by atoms with Gasteiger partial charge in [0.2, 0.25) is 0 Å². The first-order valence-corrected chi connectivity index (χ1v) is 9.23. The number of nitrogens with zero attached hydrogens (tertiary/aromatic N) is 2. The summed E-state index contributed by atoms with van der Waals surface area (Å²) >= 11 is 11.9. The topological polar surface area (TPSA) is 64.0 Å². The Bertz CT molecular complexity index is 953. The number of aromatic nitrogens is 2. The molecule has 0 aliphatic carbocycles. The molecule has 0 unspecified atom stereocenters. The Labute approximate surface area is 149 Å². The molecule has 24 heavy (non-hydrogen) atoms. The van der Waals surface area contributed by atoms with E-state index in [4.69, 9.17) is 23.2 Å². The lowest BCUT2D eigenvalue weighted by atomic mass is 10.2. The van der Waals surface area contributed by atoms with Gasteiger partial charge in [-0.25, -0.2) is 8.42 Å². The van der Waals surface area contributed by atoms with Crippen LogP contribution in [0.25, 0.3) is 0 Å². The molecule has 0 aliphatic heterocycles. The number of rotatable bonds is 5. The Morgan fingerprint density at radius 2 is 1.71 bits per heavy atom. The summed E-state index contributed by atoms with van der Waals surface area (Å²) in [5.74, 6) is 0.233. The van der Waals surface area contributed by atoms with Gasteiger partial charge in [-0.3, -0.25) is 9.40 Å². The van der Waals surface area contributed by atoms with Gasteiger partial charge in [0.1, 0.15) is 0 Å². The number of hydrogen-bond donors (Lipinski definition) is 1. The summed E-state index contributed by atoms with van der Waals surface area (Å²) in [4.78, 5) is 0.118. The molecule has 3 rings (SSSR count). The van der Waals surface area contributed by atoms with E-state index in [-0.39, 0.29) is 10.7 Å². The number of halogens is 2. The molecule has 3 aromatic rings. The lowest BCUT2D eigenvalue weighted by Gasteiger charge is -2.06. The molecule has 124 valence electrons. The summed E-state index contributed by atoms with van der Waals surface area (Å²) in [5.41, 5.74) is 0.898. The van der Waals surface area contributed by atoms with Crippen LogP contribution in [0.5, 0.6) is 0 Å². The van der Waals surface area contributed by atoms with Crippen LogP contribution in [-0.2, 0) is 16.6 Å². The number of anilines is 1.